The van der Waals surface area contributed by atoms with Gasteiger partial charge in [0.05, 0.1) is 36.2 Å². The molecule has 3 heterocycles. The number of anilines is 1. The molecule has 38 heavy (non-hydrogen) atoms. The lowest BCUT2D eigenvalue weighted by Crippen LogP contribution is -2.16. The molecule has 1 N–H and O–H groups in total. The van der Waals surface area contributed by atoms with E-state index in [-0.39, 0.29) is 21.9 Å². The lowest BCUT2D eigenvalue weighted by molar-refractivity contribution is -0.141. The van der Waals surface area contributed by atoms with E-state index in [0.29, 0.717) is 33.5 Å². The second-order valence-corrected chi connectivity index (χ2v) is 8.84. The molecule has 0 radical (unpaired) electrons. The average molecular weight is 533 g/mol. The number of nitriles is 1. The van der Waals surface area contributed by atoms with Crippen molar-refractivity contribution in [3.8, 4) is 34.2 Å². The third-order valence-electron chi connectivity index (χ3n) is 5.49. The second kappa shape index (κ2) is 9.87. The van der Waals surface area contributed by atoms with Crippen molar-refractivity contribution in [1.29, 1.82) is 5.26 Å². The maximum absolute atomic E-state index is 13.4. The van der Waals surface area contributed by atoms with E-state index in [2.05, 4.69) is 25.3 Å². The van der Waals surface area contributed by atoms with E-state index in [1.54, 1.807) is 48.5 Å². The number of rotatable bonds is 5. The van der Waals surface area contributed by atoms with Crippen molar-refractivity contribution < 1.29 is 22.7 Å². The van der Waals surface area contributed by atoms with Crippen LogP contribution in [0, 0.1) is 11.3 Å². The molecule has 0 spiro atoms. The van der Waals surface area contributed by atoms with Gasteiger partial charge in [0.15, 0.2) is 15.6 Å². The second-order valence-electron chi connectivity index (χ2n) is 7.86. The Bertz CT molecular complexity index is 1710. The Kier molecular flexibility index (Phi) is 6.44. The predicted octanol–water partition coefficient (Wildman–Crippen LogP) is 5.97. The molecule has 0 aliphatic rings. The fraction of sp³-hybridized carbons (Fsp3) is 0.0769. The molecular formula is C26H15F3N6O2S. The minimum Gasteiger partial charge on any atom is -0.496 e. The Morgan fingerprint density at radius 2 is 1.79 bits per heavy atom. The lowest BCUT2D eigenvalue weighted by Gasteiger charge is -2.14. The Hall–Kier alpha value is -4.89. The number of thiazole rings is 1. The first kappa shape index (κ1) is 24.8. The molecule has 0 saturated carbocycles. The minimum absolute atomic E-state index is 0.110. The van der Waals surface area contributed by atoms with Crippen molar-refractivity contribution in [2.75, 3.05) is 12.4 Å². The molecule has 0 bridgehead atoms. The summed E-state index contributed by atoms with van der Waals surface area (Å²) in [5.41, 5.74) is 1.13. The number of halogens is 3. The van der Waals surface area contributed by atoms with Crippen molar-refractivity contribution in [2.24, 2.45) is 0 Å². The van der Waals surface area contributed by atoms with E-state index in [1.807, 2.05) is 6.07 Å². The van der Waals surface area contributed by atoms with Gasteiger partial charge in [-0.2, -0.15) is 23.4 Å². The van der Waals surface area contributed by atoms with Crippen LogP contribution in [0.2, 0.25) is 0 Å². The summed E-state index contributed by atoms with van der Waals surface area (Å²) in [6.07, 6.45) is -2.24. The summed E-state index contributed by atoms with van der Waals surface area (Å²) in [7, 11) is 1.42. The van der Waals surface area contributed by atoms with Gasteiger partial charge in [-0.1, -0.05) is 41.7 Å². The maximum atomic E-state index is 13.4. The van der Waals surface area contributed by atoms with Crippen LogP contribution in [-0.2, 0) is 6.18 Å². The van der Waals surface area contributed by atoms with E-state index in [0.717, 1.165) is 23.1 Å². The monoisotopic (exact) mass is 532 g/mol. The van der Waals surface area contributed by atoms with Gasteiger partial charge in [0.1, 0.15) is 11.4 Å². The van der Waals surface area contributed by atoms with Gasteiger partial charge in [-0.25, -0.2) is 9.97 Å². The summed E-state index contributed by atoms with van der Waals surface area (Å²) in [6.45, 7) is 0. The van der Waals surface area contributed by atoms with Crippen LogP contribution in [0.5, 0.6) is 5.75 Å². The van der Waals surface area contributed by atoms with Crippen molar-refractivity contribution in [3.63, 3.8) is 0 Å². The smallest absolute Gasteiger partial charge is 0.433 e. The van der Waals surface area contributed by atoms with Gasteiger partial charge in [-0.3, -0.25) is 15.1 Å². The molecule has 0 atom stereocenters. The van der Waals surface area contributed by atoms with Crippen LogP contribution in [0.1, 0.15) is 21.6 Å². The third-order valence-corrected chi connectivity index (χ3v) is 6.34. The number of nitrogens with zero attached hydrogens (tertiary/aromatic N) is 5. The molecule has 5 aromatic rings. The summed E-state index contributed by atoms with van der Waals surface area (Å²) in [5, 5.41) is 11.7. The Balaban J connectivity index is 1.50. The van der Waals surface area contributed by atoms with Crippen LogP contribution in [-0.4, -0.2) is 33.0 Å². The van der Waals surface area contributed by atoms with Gasteiger partial charge in [0.2, 0.25) is 0 Å². The highest BCUT2D eigenvalue weighted by Crippen LogP contribution is 2.36. The molecule has 1 amide bonds. The van der Waals surface area contributed by atoms with Gasteiger partial charge < -0.3 is 4.74 Å². The molecule has 0 unspecified atom stereocenters. The number of nitrogens with one attached hydrogen (secondary N) is 1. The van der Waals surface area contributed by atoms with E-state index in [4.69, 9.17) is 10.00 Å². The maximum Gasteiger partial charge on any atom is 0.433 e. The SMILES string of the molecule is COc1ccccc1-c1cnc(C(F)(F)F)cc1C(=O)Nc1nc2ncc(-c3ccc(C#N)cc3)nc2s1. The van der Waals surface area contributed by atoms with Gasteiger partial charge in [0.25, 0.3) is 5.91 Å². The number of alkyl halides is 3. The summed E-state index contributed by atoms with van der Waals surface area (Å²) in [6, 6.07) is 16.2. The molecule has 0 aliphatic carbocycles. The molecule has 8 nitrogen and oxygen atoms in total. The quantitative estimate of drug-likeness (QED) is 0.297. The first-order chi connectivity index (χ1) is 18.3. The summed E-state index contributed by atoms with van der Waals surface area (Å²) >= 11 is 1.02. The van der Waals surface area contributed by atoms with Crippen LogP contribution in [0.15, 0.2) is 67.0 Å². The standard InChI is InChI=1S/C26H15F3N6O2S/c1-37-20-5-3-2-4-16(20)18-12-31-21(26(27,28)29)10-17(18)23(36)35-25-34-22-24(38-25)33-19(13-32-22)15-8-6-14(11-30)7-9-15/h2-10,12-13H,1H3,(H,32,34,35,36). The molecule has 0 aliphatic heterocycles. The Labute approximate surface area is 217 Å². The number of hydrogen-bond donors (Lipinski definition) is 1. The highest BCUT2D eigenvalue weighted by atomic mass is 32.1. The minimum atomic E-state index is -4.75. The molecule has 12 heteroatoms. The zero-order chi connectivity index (χ0) is 26.9. The van der Waals surface area contributed by atoms with Crippen molar-refractivity contribution >= 4 is 32.9 Å². The number of hydrogen-bond acceptors (Lipinski definition) is 8. The number of carbonyl (C=O) groups excluding carboxylic acids is 1. The number of para-hydroxylation sites is 1. The number of aromatic nitrogens is 4. The molecule has 2 aromatic carbocycles. The highest BCUT2D eigenvalue weighted by Gasteiger charge is 2.34. The predicted molar refractivity (Wildman–Crippen MR) is 135 cm³/mol. The fourth-order valence-electron chi connectivity index (χ4n) is 3.67. The summed E-state index contributed by atoms with van der Waals surface area (Å²) in [4.78, 5) is 30.3. The van der Waals surface area contributed by atoms with E-state index in [1.165, 1.54) is 13.3 Å². The normalized spacial score (nSPS) is 11.2. The van der Waals surface area contributed by atoms with Gasteiger partial charge in [-0.15, -0.1) is 0 Å². The number of methoxy groups -OCH3 is 1. The van der Waals surface area contributed by atoms with Gasteiger partial charge >= 0.3 is 6.18 Å². The van der Waals surface area contributed by atoms with Gasteiger partial charge in [-0.05, 0) is 24.3 Å². The first-order valence-corrected chi connectivity index (χ1v) is 11.7. The Morgan fingerprint density at radius 1 is 1.03 bits per heavy atom. The summed E-state index contributed by atoms with van der Waals surface area (Å²) < 4.78 is 45.6. The zero-order valence-electron chi connectivity index (χ0n) is 19.4. The molecule has 0 saturated heterocycles. The number of amides is 1. The lowest BCUT2D eigenvalue weighted by atomic mass is 9.99. The van der Waals surface area contributed by atoms with Crippen LogP contribution in [0.3, 0.4) is 0 Å². The largest absolute Gasteiger partial charge is 0.496 e. The zero-order valence-corrected chi connectivity index (χ0v) is 20.3. The highest BCUT2D eigenvalue weighted by molar-refractivity contribution is 7.21. The average Bonchev–Trinajstić information content (AvgIpc) is 3.33. The molecule has 5 rings (SSSR count). The molecule has 3 aromatic heterocycles. The topological polar surface area (TPSA) is 114 Å². The van der Waals surface area contributed by atoms with E-state index < -0.39 is 17.8 Å². The van der Waals surface area contributed by atoms with Crippen LogP contribution >= 0.6 is 11.3 Å². The number of carbonyl (C=O) groups is 1. The van der Waals surface area contributed by atoms with Crippen molar-refractivity contribution in [3.05, 3.63) is 83.8 Å². The van der Waals surface area contributed by atoms with Crippen molar-refractivity contribution in [1.82, 2.24) is 19.9 Å². The van der Waals surface area contributed by atoms with Crippen LogP contribution in [0.25, 0.3) is 32.9 Å². The van der Waals surface area contributed by atoms with E-state index >= 15 is 0 Å². The van der Waals surface area contributed by atoms with Crippen LogP contribution in [0.4, 0.5) is 18.3 Å². The molecular weight excluding hydrogens is 517 g/mol. The number of ether oxygens (including phenoxy) is 1. The Morgan fingerprint density at radius 3 is 2.50 bits per heavy atom. The van der Waals surface area contributed by atoms with Crippen molar-refractivity contribution in [2.45, 2.75) is 6.18 Å². The van der Waals surface area contributed by atoms with Gasteiger partial charge in [0, 0.05) is 22.9 Å². The number of fused-ring (bicyclic) bond motifs is 1. The third kappa shape index (κ3) is 4.87. The van der Waals surface area contributed by atoms with Crippen LogP contribution < -0.4 is 10.1 Å². The molecule has 0 fully saturated rings. The number of pyridine rings is 1. The molecule has 188 valence electrons. The summed E-state index contributed by atoms with van der Waals surface area (Å²) in [5.74, 6) is -0.447. The number of benzene rings is 2. The fourth-order valence-corrected chi connectivity index (χ4v) is 4.47. The van der Waals surface area contributed by atoms with E-state index in [9.17, 15) is 18.0 Å². The first-order valence-electron chi connectivity index (χ1n) is 10.9.